The topological polar surface area (TPSA) is 867 Å². The van der Waals surface area contributed by atoms with E-state index in [1.165, 1.54) is 0 Å². The minimum Gasteiger partial charge on any atom is -0.394 e. The summed E-state index contributed by atoms with van der Waals surface area (Å²) >= 11 is 0. The van der Waals surface area contributed by atoms with Crippen LogP contribution in [0, 0.1) is 0 Å². The quantitative estimate of drug-likeness (QED) is 0.0290. The Balaban J connectivity index is 1.02. The van der Waals surface area contributed by atoms with Crippen molar-refractivity contribution in [2.45, 2.75) is 341 Å². The van der Waals surface area contributed by atoms with E-state index in [9.17, 15) is 162 Å². The zero-order valence-corrected chi connectivity index (χ0v) is 67.8. The second kappa shape index (κ2) is 45.5. The second-order valence-electron chi connectivity index (χ2n) is 31.7. The van der Waals surface area contributed by atoms with E-state index in [1.54, 1.807) is 0 Å². The van der Waals surface area contributed by atoms with Crippen LogP contribution in [-0.2, 0) is 114 Å². The number of hydrogen-bond acceptors (Lipinski definition) is 51. The van der Waals surface area contributed by atoms with E-state index >= 15 is 0 Å². The first kappa shape index (κ1) is 104. The minimum absolute atomic E-state index is 0.811. The van der Waals surface area contributed by atoms with Gasteiger partial charge in [0.25, 0.3) is 0 Å². The van der Waals surface area contributed by atoms with Crippen LogP contribution >= 0.6 is 0 Å². The lowest BCUT2D eigenvalue weighted by molar-refractivity contribution is -0.404. The van der Waals surface area contributed by atoms with Gasteiger partial charge in [-0.25, -0.2) is 0 Å². The van der Waals surface area contributed by atoms with Crippen molar-refractivity contribution in [3.05, 3.63) is 0 Å². The van der Waals surface area contributed by atoms with Crippen molar-refractivity contribution in [3.8, 4) is 0 Å². The Bertz CT molecular complexity index is 3440. The molecule has 1 unspecified atom stereocenters. The monoisotopic (exact) mass is 1840 g/mol. The predicted octanol–water partition coefficient (Wildman–Crippen LogP) is -22.1. The van der Waals surface area contributed by atoms with Crippen LogP contribution < -0.4 is 26.6 Å². The third-order valence-electron chi connectivity index (χ3n) is 22.9. The number of aliphatic hydroxyl groups is 27. The number of rotatable bonds is 33. The minimum atomic E-state index is -2.68. The Morgan fingerprint density at radius 3 is 0.802 bits per heavy atom. The van der Waals surface area contributed by atoms with E-state index in [4.69, 9.17) is 90.0 Å². The van der Waals surface area contributed by atoms with Crippen molar-refractivity contribution < 1.29 is 252 Å². The summed E-state index contributed by atoms with van der Waals surface area (Å²) in [4.78, 5) is 64.3. The smallest absolute Gasteiger partial charge is 0.217 e. The van der Waals surface area contributed by atoms with Gasteiger partial charge in [-0.2, -0.15) is 0 Å². The maximum atomic E-state index is 13.1. The first-order valence-electron chi connectivity index (χ1n) is 40.1. The molecule has 10 aliphatic rings. The highest BCUT2D eigenvalue weighted by Crippen LogP contribution is 2.41. The van der Waals surface area contributed by atoms with E-state index in [1.807, 2.05) is 0 Å². The summed E-state index contributed by atoms with van der Waals surface area (Å²) in [6.45, 7) is -6.75. The zero-order chi connectivity index (χ0) is 92.8. The second-order valence-corrected chi connectivity index (χ2v) is 31.7. The third-order valence-corrected chi connectivity index (χ3v) is 22.9. The highest BCUT2D eigenvalue weighted by molar-refractivity contribution is 5.75. The van der Waals surface area contributed by atoms with E-state index < -0.39 is 402 Å². The number of aliphatic hydroxyl groups excluding tert-OH is 27. The Morgan fingerprint density at radius 1 is 0.206 bits per heavy atom. The fourth-order valence-electron chi connectivity index (χ4n) is 16.3. The molecular weight excluding hydrogens is 1730 g/mol. The van der Waals surface area contributed by atoms with E-state index in [2.05, 4.69) is 26.6 Å². The van der Waals surface area contributed by atoms with E-state index in [0.717, 1.165) is 34.6 Å². The first-order chi connectivity index (χ1) is 59.6. The summed E-state index contributed by atoms with van der Waals surface area (Å²) in [5, 5.41) is 315. The molecule has 50 atom stereocenters. The van der Waals surface area contributed by atoms with Gasteiger partial charge in [0.05, 0.1) is 66.1 Å². The molecule has 10 aliphatic heterocycles. The van der Waals surface area contributed by atoms with E-state index in [0.29, 0.717) is 0 Å². The van der Waals surface area contributed by atoms with Crippen molar-refractivity contribution >= 4 is 29.5 Å². The Kier molecular flexibility index (Phi) is 37.4. The van der Waals surface area contributed by atoms with Gasteiger partial charge in [-0.15, -0.1) is 0 Å². The van der Waals surface area contributed by atoms with Crippen LogP contribution in [0.25, 0.3) is 0 Å². The van der Waals surface area contributed by atoms with Crippen molar-refractivity contribution in [3.63, 3.8) is 0 Å². The van der Waals surface area contributed by atoms with Gasteiger partial charge in [0.2, 0.25) is 29.5 Å². The van der Waals surface area contributed by atoms with Crippen LogP contribution in [0.15, 0.2) is 0 Å². The summed E-state index contributed by atoms with van der Waals surface area (Å²) in [6, 6.07) is -9.55. The molecule has 0 aromatic rings. The third kappa shape index (κ3) is 22.9. The molecule has 56 nitrogen and oxygen atoms in total. The molecule has 32 N–H and O–H groups in total. The summed E-state index contributed by atoms with van der Waals surface area (Å²) < 4.78 is 114. The number of nitrogens with one attached hydrogen (secondary N) is 5. The Labute approximate surface area is 713 Å². The molecule has 0 saturated carbocycles. The van der Waals surface area contributed by atoms with Gasteiger partial charge in [0.1, 0.15) is 244 Å². The molecule has 0 radical (unpaired) electrons. The Hall–Kier alpha value is -4.49. The molecule has 10 saturated heterocycles. The predicted molar refractivity (Wildman–Crippen MR) is 388 cm³/mol. The molecule has 728 valence electrons. The van der Waals surface area contributed by atoms with Gasteiger partial charge in [-0.1, -0.05) is 0 Å². The molecule has 0 aromatic carbocycles. The molecule has 5 amide bonds. The molecule has 0 aromatic heterocycles. The molecule has 0 aliphatic carbocycles. The maximum Gasteiger partial charge on any atom is 0.217 e. The Morgan fingerprint density at radius 2 is 0.444 bits per heavy atom. The lowest BCUT2D eigenvalue weighted by atomic mass is 9.93. The number of hydrogen-bond donors (Lipinski definition) is 32. The molecule has 126 heavy (non-hydrogen) atoms. The maximum absolute atomic E-state index is 13.1. The fourth-order valence-corrected chi connectivity index (χ4v) is 16.3. The van der Waals surface area contributed by atoms with Gasteiger partial charge in [0, 0.05) is 34.6 Å². The number of carbonyl (C=O) groups excluding carboxylic acids is 5. The summed E-state index contributed by atoms with van der Waals surface area (Å²) in [5.74, 6) is -4.69. The molecule has 56 heteroatoms. The van der Waals surface area contributed by atoms with E-state index in [-0.39, 0.29) is 0 Å². The van der Waals surface area contributed by atoms with Crippen LogP contribution in [0.2, 0.25) is 0 Å². The average molecular weight is 1840 g/mol. The van der Waals surface area contributed by atoms with Crippen LogP contribution in [-0.4, -0.2) is 540 Å². The average Bonchev–Trinajstić information content (AvgIpc) is 0.756. The zero-order valence-electron chi connectivity index (χ0n) is 67.8. The highest BCUT2D eigenvalue weighted by atomic mass is 16.8. The van der Waals surface area contributed by atoms with Crippen LogP contribution in [0.4, 0.5) is 0 Å². The summed E-state index contributed by atoms with van der Waals surface area (Å²) in [6.07, 6.45) is -96.0. The SMILES string of the molecule is CC(=O)N[C@H]1[C@H](O[C@H]2[C@H](O)[C@@H](NC(C)=O)C(O)O[C@@H]2CO)O[C@H](CO)[C@@H](O[C@@H]2O[C@H](CO[C@H]3O[C@H](CO)[C@@H](O)[C@H](O)[C@@H]3O[C@@H]3O[C@H](CO)[C@@H](O[C@@H]4O[C@H](CO)[C@H](O)[C@H](O)[C@H]4O)[C@H](O)[C@H]3NC(C)=O)[C@@H](O)[C@H](O[C@H]3O[C@H](CO)[C@@H](O[C@@H]4O[C@H](CO)[C@@H](O[C@@H]5O[C@H](CO)[C@H](O)[C@H](O)[C@H]5O)[C@H](O)[C@H]4NC(C)=O)[C@H](O)[C@@H]3O[C@@H]3O[C@H](CO)[C@@H](O)[C@H](O)[C@H]3NC(C)=O)[C@@H]2O)[C@@H]1O. The van der Waals surface area contributed by atoms with Gasteiger partial charge >= 0.3 is 0 Å². The summed E-state index contributed by atoms with van der Waals surface area (Å²) in [5.41, 5.74) is 0. The molecule has 10 fully saturated rings. The van der Waals surface area contributed by atoms with Crippen LogP contribution in [0.5, 0.6) is 0 Å². The molecule has 0 bridgehead atoms. The first-order valence-corrected chi connectivity index (χ1v) is 40.1. The van der Waals surface area contributed by atoms with Gasteiger partial charge < -0.3 is 254 Å². The van der Waals surface area contributed by atoms with Crippen molar-refractivity contribution in [1.82, 2.24) is 26.6 Å². The van der Waals surface area contributed by atoms with Gasteiger partial charge in [-0.3, -0.25) is 24.0 Å². The number of amides is 5. The normalized spacial score (nSPS) is 48.4. The van der Waals surface area contributed by atoms with Crippen LogP contribution in [0.1, 0.15) is 34.6 Å². The number of ether oxygens (including phenoxy) is 19. The molecule has 10 heterocycles. The molecular formula is C70H117N5O51. The lowest BCUT2D eigenvalue weighted by Gasteiger charge is -2.52. The van der Waals surface area contributed by atoms with Crippen molar-refractivity contribution in [2.24, 2.45) is 0 Å². The van der Waals surface area contributed by atoms with Crippen LogP contribution in [0.3, 0.4) is 0 Å². The molecule has 10 rings (SSSR count). The van der Waals surface area contributed by atoms with Gasteiger partial charge in [0.15, 0.2) is 62.9 Å². The molecule has 0 spiro atoms. The lowest BCUT2D eigenvalue weighted by Crippen LogP contribution is -2.71. The standard InChI is InChI=1S/C70H117N5O51/c1-16(85)71-31-42(96)53(25(10-80)109-61(31)107)119-63-33(73-18(3)87)44(98)56(28(13-83)114-63)123-68-52(106)58(40(94)30(118-68)15-108-69-59(48(102)39(93)24(9-79)113-69)125-65-35(75-20(5)89)45(99)55(27(12-82)116-65)122-67-50(104)47(101)38(92)23(8-78)112-67)124-70-60(126-62-32(72-17(2)86)41(95)36(90)21(6-76)110-62)51(105)57(29(14-84)117-70)120-64-34(74-19(4)88)43(97)54(26(11-81)115-64)121-66-49(103)46(100)37(91)22(7-77)111-66/h21-70,76-84,90-107H,6-15H2,1-5H3,(H,71,85)(H,72,86)(H,73,87)(H,74,88)(H,75,89)/t21-,22-,23-,24-,25-,26-,27-,28-,29-,30-,31-,32-,33-,34-,35-,36-,37+,38+,39-,40-,41-,42-,43-,44-,45-,46+,47+,48+,49-,50-,51+,52+,53-,54-,55-,56-,57-,58+,59+,60+,61?,62+,63+,64+,65+,66+,67+,68+,69+,70-/m1/s1. The number of carbonyl (C=O) groups is 5. The largest absolute Gasteiger partial charge is 0.394 e. The fraction of sp³-hybridized carbons (Fsp3) is 0.929. The van der Waals surface area contributed by atoms with Crippen molar-refractivity contribution in [1.29, 1.82) is 0 Å². The van der Waals surface area contributed by atoms with Gasteiger partial charge in [-0.05, 0) is 0 Å². The highest BCUT2D eigenvalue weighted by Gasteiger charge is 2.62. The summed E-state index contributed by atoms with van der Waals surface area (Å²) in [7, 11) is 0. The van der Waals surface area contributed by atoms with Crippen molar-refractivity contribution in [2.75, 3.05) is 66.1 Å².